The van der Waals surface area contributed by atoms with Crippen LogP contribution in [0.1, 0.15) is 24.8 Å². The van der Waals surface area contributed by atoms with E-state index >= 15 is 0 Å². The van der Waals surface area contributed by atoms with Crippen molar-refractivity contribution < 1.29 is 9.53 Å². The Morgan fingerprint density at radius 2 is 2.05 bits per heavy atom. The summed E-state index contributed by atoms with van der Waals surface area (Å²) in [6.45, 7) is 4.72. The summed E-state index contributed by atoms with van der Waals surface area (Å²) in [5.74, 6) is 0.303. The van der Waals surface area contributed by atoms with Crippen LogP contribution in [0.5, 0.6) is 0 Å². The Morgan fingerprint density at radius 3 is 2.70 bits per heavy atom. The van der Waals surface area contributed by atoms with Gasteiger partial charge in [-0.05, 0) is 44.4 Å². The molecule has 1 fully saturated rings. The SMILES string of the molecule is Cc1ccccc1N(CCCN)C(=O)C1CCOCC1. The van der Waals surface area contributed by atoms with Crippen molar-refractivity contribution in [1.29, 1.82) is 0 Å². The lowest BCUT2D eigenvalue weighted by Crippen LogP contribution is -2.40. The number of para-hydroxylation sites is 1. The zero-order valence-electron chi connectivity index (χ0n) is 12.2. The number of carbonyl (C=O) groups excluding carboxylic acids is 1. The summed E-state index contributed by atoms with van der Waals surface area (Å²) in [6, 6.07) is 8.04. The molecule has 2 rings (SSSR count). The summed E-state index contributed by atoms with van der Waals surface area (Å²) in [6.07, 6.45) is 2.47. The number of anilines is 1. The van der Waals surface area contributed by atoms with Crippen molar-refractivity contribution in [2.24, 2.45) is 11.7 Å². The zero-order chi connectivity index (χ0) is 14.4. The third kappa shape index (κ3) is 3.58. The lowest BCUT2D eigenvalue weighted by molar-refractivity contribution is -0.125. The molecule has 1 aromatic rings. The summed E-state index contributed by atoms with van der Waals surface area (Å²) in [7, 11) is 0. The largest absolute Gasteiger partial charge is 0.381 e. The van der Waals surface area contributed by atoms with Crippen molar-refractivity contribution >= 4 is 11.6 Å². The molecule has 0 aliphatic carbocycles. The molecule has 1 amide bonds. The number of benzene rings is 1. The molecule has 0 radical (unpaired) electrons. The lowest BCUT2D eigenvalue weighted by Gasteiger charge is -2.30. The van der Waals surface area contributed by atoms with Crippen LogP contribution >= 0.6 is 0 Å². The summed E-state index contributed by atoms with van der Waals surface area (Å²) in [5.41, 5.74) is 7.75. The fourth-order valence-corrected chi connectivity index (χ4v) is 2.63. The number of nitrogens with zero attached hydrogens (tertiary/aromatic N) is 1. The average Bonchev–Trinajstić information content (AvgIpc) is 2.50. The van der Waals surface area contributed by atoms with Gasteiger partial charge in [-0.3, -0.25) is 4.79 Å². The second kappa shape index (κ2) is 7.41. The summed E-state index contributed by atoms with van der Waals surface area (Å²) in [5, 5.41) is 0. The van der Waals surface area contributed by atoms with Gasteiger partial charge in [0.25, 0.3) is 0 Å². The molecular formula is C16H24N2O2. The maximum Gasteiger partial charge on any atom is 0.230 e. The first-order valence-corrected chi connectivity index (χ1v) is 7.39. The van der Waals surface area contributed by atoms with E-state index in [-0.39, 0.29) is 11.8 Å². The Hall–Kier alpha value is -1.39. The molecule has 0 bridgehead atoms. The molecule has 0 saturated carbocycles. The van der Waals surface area contributed by atoms with Crippen LogP contribution in [0, 0.1) is 12.8 Å². The topological polar surface area (TPSA) is 55.6 Å². The van der Waals surface area contributed by atoms with Crippen LogP contribution in [0.15, 0.2) is 24.3 Å². The summed E-state index contributed by atoms with van der Waals surface area (Å²) in [4.78, 5) is 14.7. The van der Waals surface area contributed by atoms with Crippen molar-refractivity contribution in [1.82, 2.24) is 0 Å². The minimum absolute atomic E-state index is 0.0844. The first-order valence-electron chi connectivity index (χ1n) is 7.39. The van der Waals surface area contributed by atoms with Crippen molar-refractivity contribution in [2.45, 2.75) is 26.2 Å². The monoisotopic (exact) mass is 276 g/mol. The van der Waals surface area contributed by atoms with Crippen LogP contribution < -0.4 is 10.6 Å². The summed E-state index contributed by atoms with van der Waals surface area (Å²) < 4.78 is 5.35. The Kier molecular flexibility index (Phi) is 5.56. The molecule has 0 spiro atoms. The van der Waals surface area contributed by atoms with Gasteiger partial charge in [0, 0.05) is 31.4 Å². The molecule has 1 saturated heterocycles. The number of hydrogen-bond donors (Lipinski definition) is 1. The minimum Gasteiger partial charge on any atom is -0.381 e. The first kappa shape index (κ1) is 15.0. The second-order valence-electron chi connectivity index (χ2n) is 5.31. The number of carbonyl (C=O) groups is 1. The number of rotatable bonds is 5. The van der Waals surface area contributed by atoms with Gasteiger partial charge in [-0.15, -0.1) is 0 Å². The van der Waals surface area contributed by atoms with E-state index in [2.05, 4.69) is 0 Å². The van der Waals surface area contributed by atoms with Crippen LogP contribution in [-0.2, 0) is 9.53 Å². The van der Waals surface area contributed by atoms with Gasteiger partial charge in [0.1, 0.15) is 0 Å². The maximum atomic E-state index is 12.8. The highest BCUT2D eigenvalue weighted by Crippen LogP contribution is 2.25. The quantitative estimate of drug-likeness (QED) is 0.896. The Labute approximate surface area is 120 Å². The van der Waals surface area contributed by atoms with E-state index in [4.69, 9.17) is 10.5 Å². The highest BCUT2D eigenvalue weighted by Gasteiger charge is 2.27. The molecule has 4 nitrogen and oxygen atoms in total. The Balaban J connectivity index is 2.18. The molecule has 4 heteroatoms. The van der Waals surface area contributed by atoms with Crippen molar-refractivity contribution in [2.75, 3.05) is 31.2 Å². The van der Waals surface area contributed by atoms with E-state index in [0.717, 1.165) is 30.5 Å². The van der Waals surface area contributed by atoms with Crippen LogP contribution in [0.4, 0.5) is 5.69 Å². The van der Waals surface area contributed by atoms with Gasteiger partial charge < -0.3 is 15.4 Å². The molecule has 0 unspecified atom stereocenters. The predicted octanol–water partition coefficient (Wildman–Crippen LogP) is 2.10. The molecule has 1 aliphatic heterocycles. The Morgan fingerprint density at radius 1 is 1.35 bits per heavy atom. The van der Waals surface area contributed by atoms with Crippen molar-refractivity contribution in [3.05, 3.63) is 29.8 Å². The predicted molar refractivity (Wildman–Crippen MR) is 80.7 cm³/mol. The summed E-state index contributed by atoms with van der Waals surface area (Å²) >= 11 is 0. The van der Waals surface area contributed by atoms with Crippen LogP contribution in [0.2, 0.25) is 0 Å². The number of ether oxygens (including phenoxy) is 1. The van der Waals surface area contributed by atoms with E-state index in [1.807, 2.05) is 36.1 Å². The van der Waals surface area contributed by atoms with Gasteiger partial charge in [0.15, 0.2) is 0 Å². The highest BCUT2D eigenvalue weighted by molar-refractivity contribution is 5.95. The van der Waals surface area contributed by atoms with E-state index in [9.17, 15) is 4.79 Å². The minimum atomic E-state index is 0.0844. The van der Waals surface area contributed by atoms with Gasteiger partial charge in [0.05, 0.1) is 0 Å². The fraction of sp³-hybridized carbons (Fsp3) is 0.562. The zero-order valence-corrected chi connectivity index (χ0v) is 12.2. The smallest absolute Gasteiger partial charge is 0.230 e. The number of nitrogens with two attached hydrogens (primary N) is 1. The fourth-order valence-electron chi connectivity index (χ4n) is 2.63. The molecule has 0 aromatic heterocycles. The van der Waals surface area contributed by atoms with E-state index < -0.39 is 0 Å². The van der Waals surface area contributed by atoms with Crippen LogP contribution in [-0.4, -0.2) is 32.2 Å². The van der Waals surface area contributed by atoms with Gasteiger partial charge in [0.2, 0.25) is 5.91 Å². The van der Waals surface area contributed by atoms with E-state index in [1.54, 1.807) is 0 Å². The lowest BCUT2D eigenvalue weighted by atomic mass is 9.97. The standard InChI is InChI=1S/C16H24N2O2/c1-13-5-2-3-6-15(13)18(10-4-9-17)16(19)14-7-11-20-12-8-14/h2-3,5-6,14H,4,7-12,17H2,1H3. The molecule has 1 heterocycles. The van der Waals surface area contributed by atoms with Crippen LogP contribution in [0.25, 0.3) is 0 Å². The average molecular weight is 276 g/mol. The van der Waals surface area contributed by atoms with E-state index in [0.29, 0.717) is 26.3 Å². The first-order chi connectivity index (χ1) is 9.74. The Bertz CT molecular complexity index is 442. The van der Waals surface area contributed by atoms with E-state index in [1.165, 1.54) is 0 Å². The molecular weight excluding hydrogens is 252 g/mol. The van der Waals surface area contributed by atoms with Gasteiger partial charge in [-0.25, -0.2) is 0 Å². The molecule has 1 aliphatic rings. The second-order valence-corrected chi connectivity index (χ2v) is 5.31. The number of amides is 1. The highest BCUT2D eigenvalue weighted by atomic mass is 16.5. The number of aryl methyl sites for hydroxylation is 1. The van der Waals surface area contributed by atoms with Gasteiger partial charge in [-0.1, -0.05) is 18.2 Å². The number of hydrogen-bond acceptors (Lipinski definition) is 3. The third-order valence-corrected chi connectivity index (χ3v) is 3.83. The molecule has 20 heavy (non-hydrogen) atoms. The van der Waals surface area contributed by atoms with Gasteiger partial charge >= 0.3 is 0 Å². The van der Waals surface area contributed by atoms with Gasteiger partial charge in [-0.2, -0.15) is 0 Å². The normalized spacial score (nSPS) is 16.1. The van der Waals surface area contributed by atoms with Crippen molar-refractivity contribution in [3.63, 3.8) is 0 Å². The molecule has 0 atom stereocenters. The third-order valence-electron chi connectivity index (χ3n) is 3.83. The molecule has 1 aromatic carbocycles. The van der Waals surface area contributed by atoms with Crippen LogP contribution in [0.3, 0.4) is 0 Å². The van der Waals surface area contributed by atoms with Crippen molar-refractivity contribution in [3.8, 4) is 0 Å². The maximum absolute atomic E-state index is 12.8. The molecule has 110 valence electrons. The molecule has 2 N–H and O–H groups in total.